The lowest BCUT2D eigenvalue weighted by molar-refractivity contribution is -0.151. The van der Waals surface area contributed by atoms with Gasteiger partial charge in [-0.2, -0.15) is 0 Å². The summed E-state index contributed by atoms with van der Waals surface area (Å²) in [5.41, 5.74) is 0. The van der Waals surface area contributed by atoms with Crippen LogP contribution < -0.4 is 0 Å². The van der Waals surface area contributed by atoms with E-state index in [4.69, 9.17) is 14.2 Å². The molecule has 1 heterocycles. The molecule has 1 atom stereocenters. The second kappa shape index (κ2) is 61.4. The van der Waals surface area contributed by atoms with Crippen LogP contribution in [0.5, 0.6) is 0 Å². The van der Waals surface area contributed by atoms with Crippen molar-refractivity contribution in [1.29, 1.82) is 0 Å². The lowest BCUT2D eigenvalue weighted by Crippen LogP contribution is -2.25. The van der Waals surface area contributed by atoms with Crippen LogP contribution in [0.3, 0.4) is 0 Å². The van der Waals surface area contributed by atoms with Crippen molar-refractivity contribution in [3.8, 4) is 0 Å². The Kier molecular flexibility index (Phi) is 63.2. The van der Waals surface area contributed by atoms with Gasteiger partial charge in [-0.25, -0.2) is 0 Å². The van der Waals surface area contributed by atoms with E-state index in [0.717, 1.165) is 115 Å². The summed E-state index contributed by atoms with van der Waals surface area (Å²) in [5, 5.41) is 0. The Morgan fingerprint density at radius 3 is 1.18 bits per heavy atom. The molecule has 0 aromatic rings. The summed E-state index contributed by atoms with van der Waals surface area (Å²) < 4.78 is 22.1. The maximum absolute atomic E-state index is 12.5. The van der Waals surface area contributed by atoms with E-state index in [1.165, 1.54) is 154 Å². The summed E-state index contributed by atoms with van der Waals surface area (Å²) in [7, 11) is 0. The summed E-state index contributed by atoms with van der Waals surface area (Å²) in [6, 6.07) is 0. The molecule has 0 bridgehead atoms. The first-order chi connectivity index (χ1) is 35.1. The second-order valence-electron chi connectivity index (χ2n) is 21.4. The van der Waals surface area contributed by atoms with Crippen molar-refractivity contribution in [1.82, 2.24) is 4.90 Å². The van der Waals surface area contributed by atoms with Crippen molar-refractivity contribution in [3.05, 3.63) is 0 Å². The maximum Gasteiger partial charge on any atom is 0.306 e. The average Bonchev–Trinajstić information content (AvgIpc) is 3.81. The molecule has 1 rings (SSSR count). The molecule has 430 valence electrons. The van der Waals surface area contributed by atoms with E-state index in [-0.39, 0.29) is 36.2 Å². The lowest BCUT2D eigenvalue weighted by Gasteiger charge is -2.18. The zero-order valence-corrected chi connectivity index (χ0v) is 49.9. The number of nitrogens with zero attached hydrogens (tertiary/aromatic N) is 1. The van der Waals surface area contributed by atoms with Crippen LogP contribution in [0.15, 0.2) is 0 Å². The molecule has 0 aliphatic carbocycles. The molecular formula is C63H125NO8. The fraction of sp³-hybridized carbons (Fsp3) is 0.937. The van der Waals surface area contributed by atoms with E-state index in [0.29, 0.717) is 32.3 Å². The number of esters is 3. The summed E-state index contributed by atoms with van der Waals surface area (Å²) in [4.78, 5) is 49.0. The Balaban J connectivity index is -0.00000121. The maximum atomic E-state index is 12.5. The van der Waals surface area contributed by atoms with Crippen LogP contribution in [0.25, 0.3) is 0 Å². The molecule has 0 amide bonds. The van der Waals surface area contributed by atoms with Crippen LogP contribution in [0, 0.1) is 5.92 Å². The van der Waals surface area contributed by atoms with Crippen molar-refractivity contribution in [2.75, 3.05) is 26.2 Å². The van der Waals surface area contributed by atoms with Gasteiger partial charge in [0.05, 0.1) is 6.61 Å². The Morgan fingerprint density at radius 1 is 0.458 bits per heavy atom. The summed E-state index contributed by atoms with van der Waals surface area (Å²) in [6.45, 7) is 25.4. The smallest absolute Gasteiger partial charge is 0.306 e. The SMILES string of the molecule is CC.CC(C)C.CCCCCCCCC(CCCCCCCC)OC(=O)CCCCCCCOC=O.CCCCCCCCC(CCCCCCCC)OC(=O)CCCCCN1CCC(OC(=O)CCC)C1. The molecular weight excluding hydrogens is 899 g/mol. The highest BCUT2D eigenvalue weighted by Gasteiger charge is 2.25. The second-order valence-corrected chi connectivity index (χ2v) is 21.4. The number of ether oxygens (including phenoxy) is 4. The summed E-state index contributed by atoms with van der Waals surface area (Å²) in [6.07, 6.45) is 46.6. The molecule has 0 aromatic carbocycles. The Hall–Kier alpha value is -2.16. The van der Waals surface area contributed by atoms with Crippen LogP contribution in [0.2, 0.25) is 0 Å². The minimum Gasteiger partial charge on any atom is -0.468 e. The van der Waals surface area contributed by atoms with E-state index in [1.54, 1.807) is 0 Å². The number of hydrogen-bond acceptors (Lipinski definition) is 9. The first kappa shape index (κ1) is 74.1. The standard InChI is InChI=1S/C31H59NO4.C26H50O4.C4H10.C2H6/c1-4-7-9-11-13-16-21-28(22-17-14-12-10-8-5-2)35-31(34)23-18-15-19-25-32-26-24-29(27-32)36-30(33)20-6-3;1-3-5-7-9-12-16-20-25(21-17-13-10-8-6-4-2)30-26(28)22-18-14-11-15-19-23-29-24-27;1-4(2)3;1-2/h28-29H,4-27H2,1-3H3;24-25H,3-23H2,1-2H3;4H,1-3H3;1-2H3. The number of hydrogen-bond donors (Lipinski definition) is 0. The van der Waals surface area contributed by atoms with Gasteiger partial charge in [0.2, 0.25) is 0 Å². The van der Waals surface area contributed by atoms with Crippen molar-refractivity contribution in [2.24, 2.45) is 5.92 Å². The molecule has 1 unspecified atom stereocenters. The zero-order chi connectivity index (χ0) is 54.0. The predicted molar refractivity (Wildman–Crippen MR) is 308 cm³/mol. The number of rotatable bonds is 48. The van der Waals surface area contributed by atoms with Crippen LogP contribution in [-0.2, 0) is 38.1 Å². The van der Waals surface area contributed by atoms with Gasteiger partial charge in [-0.15, -0.1) is 0 Å². The van der Waals surface area contributed by atoms with E-state index < -0.39 is 0 Å². The summed E-state index contributed by atoms with van der Waals surface area (Å²) >= 11 is 0. The van der Waals surface area contributed by atoms with Crippen LogP contribution in [0.4, 0.5) is 0 Å². The van der Waals surface area contributed by atoms with Crippen molar-refractivity contribution < 1.29 is 38.1 Å². The highest BCUT2D eigenvalue weighted by atomic mass is 16.6. The molecule has 1 saturated heterocycles. The number of carbonyl (C=O) groups is 4. The third-order valence-electron chi connectivity index (χ3n) is 13.2. The van der Waals surface area contributed by atoms with E-state index in [2.05, 4.69) is 58.1 Å². The number of carbonyl (C=O) groups excluding carboxylic acids is 4. The fourth-order valence-electron chi connectivity index (χ4n) is 8.98. The third-order valence-corrected chi connectivity index (χ3v) is 13.2. The van der Waals surface area contributed by atoms with Gasteiger partial charge in [-0.05, 0) is 102 Å². The van der Waals surface area contributed by atoms with E-state index in [9.17, 15) is 19.2 Å². The monoisotopic (exact) mass is 1020 g/mol. The summed E-state index contributed by atoms with van der Waals surface area (Å²) in [5.74, 6) is 0.761. The molecule has 1 fully saturated rings. The van der Waals surface area contributed by atoms with Crippen molar-refractivity contribution >= 4 is 24.4 Å². The zero-order valence-electron chi connectivity index (χ0n) is 49.9. The molecule has 0 aromatic heterocycles. The Bertz CT molecular complexity index is 1080. The predicted octanol–water partition coefficient (Wildman–Crippen LogP) is 19.0. The molecule has 0 N–H and O–H groups in total. The highest BCUT2D eigenvalue weighted by molar-refractivity contribution is 5.70. The Labute approximate surface area is 448 Å². The fourth-order valence-corrected chi connectivity index (χ4v) is 8.98. The van der Waals surface area contributed by atoms with Crippen molar-refractivity contribution in [3.63, 3.8) is 0 Å². The van der Waals surface area contributed by atoms with Gasteiger partial charge < -0.3 is 18.9 Å². The van der Waals surface area contributed by atoms with Crippen LogP contribution in [-0.4, -0.2) is 73.8 Å². The number of unbranched alkanes of at least 4 members (excludes halogenated alkanes) is 26. The average molecular weight is 1020 g/mol. The van der Waals surface area contributed by atoms with E-state index in [1.807, 2.05) is 20.8 Å². The van der Waals surface area contributed by atoms with E-state index >= 15 is 0 Å². The van der Waals surface area contributed by atoms with Crippen LogP contribution >= 0.6 is 0 Å². The first-order valence-electron chi connectivity index (χ1n) is 31.4. The van der Waals surface area contributed by atoms with Crippen LogP contribution in [0.1, 0.15) is 332 Å². The molecule has 9 heteroatoms. The topological polar surface area (TPSA) is 108 Å². The number of likely N-dealkylation sites (tertiary alicyclic amines) is 1. The molecule has 0 spiro atoms. The molecule has 0 saturated carbocycles. The van der Waals surface area contributed by atoms with Gasteiger partial charge in [0.15, 0.2) is 0 Å². The molecule has 0 radical (unpaired) electrons. The minimum absolute atomic E-state index is 0.000962. The lowest BCUT2D eigenvalue weighted by atomic mass is 10.0. The van der Waals surface area contributed by atoms with Gasteiger partial charge in [-0.3, -0.25) is 24.1 Å². The van der Waals surface area contributed by atoms with Gasteiger partial charge in [-0.1, -0.05) is 223 Å². The first-order valence-corrected chi connectivity index (χ1v) is 31.4. The van der Waals surface area contributed by atoms with Gasteiger partial charge in [0, 0.05) is 32.4 Å². The Morgan fingerprint density at radius 2 is 0.806 bits per heavy atom. The quantitative estimate of drug-likeness (QED) is 0.0255. The molecule has 72 heavy (non-hydrogen) atoms. The highest BCUT2D eigenvalue weighted by Crippen LogP contribution is 2.21. The minimum atomic E-state index is -0.0610. The van der Waals surface area contributed by atoms with Crippen molar-refractivity contribution in [2.45, 2.75) is 351 Å². The molecule has 1 aliphatic heterocycles. The third kappa shape index (κ3) is 58.7. The molecule has 9 nitrogen and oxygen atoms in total. The van der Waals surface area contributed by atoms with Gasteiger partial charge in [0.25, 0.3) is 6.47 Å². The normalized spacial score (nSPS) is 13.2. The molecule has 1 aliphatic rings. The van der Waals surface area contributed by atoms with Gasteiger partial charge >= 0.3 is 17.9 Å². The largest absolute Gasteiger partial charge is 0.468 e. The van der Waals surface area contributed by atoms with Gasteiger partial charge in [0.1, 0.15) is 18.3 Å².